The van der Waals surface area contributed by atoms with E-state index in [1.54, 1.807) is 28.6 Å². The van der Waals surface area contributed by atoms with E-state index in [4.69, 9.17) is 0 Å². The molecule has 2 aliphatic rings. The Kier molecular flexibility index (Phi) is 8.06. The Bertz CT molecular complexity index is 968. The van der Waals surface area contributed by atoms with Crippen molar-refractivity contribution in [1.82, 2.24) is 15.1 Å². The third-order valence-electron chi connectivity index (χ3n) is 6.74. The standard InChI is InChI=1S/C25H33FN4O2S/c1-2-3-4-17-5-9-19(10-6-17)25(32)28-24-21-15-33-16-22(21)29-30(24)14-23(31)27-13-18-7-11-20(26)12-8-18/h7-8,11-12,17,19H,2-6,9-10,13-16H2,1H3,(H,27,31)(H,28,32). The number of anilines is 1. The Morgan fingerprint density at radius 3 is 2.64 bits per heavy atom. The summed E-state index contributed by atoms with van der Waals surface area (Å²) >= 11 is 1.77. The molecule has 2 amide bonds. The fraction of sp³-hybridized carbons (Fsp3) is 0.560. The van der Waals surface area contributed by atoms with Crippen LogP contribution < -0.4 is 10.6 Å². The van der Waals surface area contributed by atoms with Crippen LogP contribution in [-0.2, 0) is 34.2 Å². The van der Waals surface area contributed by atoms with Crippen LogP contribution in [0.2, 0.25) is 0 Å². The quantitative estimate of drug-likeness (QED) is 0.537. The van der Waals surface area contributed by atoms with Gasteiger partial charge in [0, 0.05) is 29.5 Å². The van der Waals surface area contributed by atoms with E-state index in [0.717, 1.165) is 59.9 Å². The summed E-state index contributed by atoms with van der Waals surface area (Å²) in [6, 6.07) is 6.06. The summed E-state index contributed by atoms with van der Waals surface area (Å²) in [5, 5.41) is 10.6. The van der Waals surface area contributed by atoms with Gasteiger partial charge in [-0.2, -0.15) is 16.9 Å². The number of nitrogens with zero attached hydrogens (tertiary/aromatic N) is 2. The van der Waals surface area contributed by atoms with Crippen molar-refractivity contribution in [2.24, 2.45) is 11.8 Å². The Morgan fingerprint density at radius 2 is 1.91 bits per heavy atom. The third-order valence-corrected chi connectivity index (χ3v) is 7.71. The van der Waals surface area contributed by atoms with Crippen LogP contribution in [-0.4, -0.2) is 21.6 Å². The number of rotatable bonds is 9. The zero-order chi connectivity index (χ0) is 23.2. The first-order chi connectivity index (χ1) is 16.0. The molecule has 2 N–H and O–H groups in total. The summed E-state index contributed by atoms with van der Waals surface area (Å²) < 4.78 is 14.7. The van der Waals surface area contributed by atoms with Crippen molar-refractivity contribution in [2.45, 2.75) is 76.5 Å². The summed E-state index contributed by atoms with van der Waals surface area (Å²) in [4.78, 5) is 25.6. The smallest absolute Gasteiger partial charge is 0.242 e. The molecule has 1 fully saturated rings. The number of carbonyl (C=O) groups excluding carboxylic acids is 2. The predicted octanol–water partition coefficient (Wildman–Crippen LogP) is 5.02. The van der Waals surface area contributed by atoms with Crippen molar-refractivity contribution in [3.63, 3.8) is 0 Å². The Morgan fingerprint density at radius 1 is 1.15 bits per heavy atom. The first kappa shape index (κ1) is 23.8. The monoisotopic (exact) mass is 472 g/mol. The first-order valence-electron chi connectivity index (χ1n) is 12.0. The molecule has 1 aliphatic heterocycles. The number of hydrogen-bond donors (Lipinski definition) is 2. The third kappa shape index (κ3) is 6.16. The molecule has 1 saturated carbocycles. The maximum absolute atomic E-state index is 13.1. The van der Waals surface area contributed by atoms with Gasteiger partial charge in [-0.25, -0.2) is 9.07 Å². The minimum atomic E-state index is -0.302. The van der Waals surface area contributed by atoms with Gasteiger partial charge >= 0.3 is 0 Å². The van der Waals surface area contributed by atoms with Crippen molar-refractivity contribution < 1.29 is 14.0 Å². The van der Waals surface area contributed by atoms with Gasteiger partial charge in [0.15, 0.2) is 0 Å². The first-order valence-corrected chi connectivity index (χ1v) is 13.2. The fourth-order valence-electron chi connectivity index (χ4n) is 4.74. The maximum Gasteiger partial charge on any atom is 0.242 e. The van der Waals surface area contributed by atoms with E-state index in [9.17, 15) is 14.0 Å². The highest BCUT2D eigenvalue weighted by molar-refractivity contribution is 7.98. The summed E-state index contributed by atoms with van der Waals surface area (Å²) in [6.45, 7) is 2.58. The van der Waals surface area contributed by atoms with Gasteiger partial charge in [-0.05, 0) is 49.3 Å². The highest BCUT2D eigenvalue weighted by atomic mass is 32.2. The minimum absolute atomic E-state index is 0.0308. The lowest BCUT2D eigenvalue weighted by Crippen LogP contribution is -2.31. The Balaban J connectivity index is 1.36. The van der Waals surface area contributed by atoms with Gasteiger partial charge in [0.2, 0.25) is 11.8 Å². The van der Waals surface area contributed by atoms with Gasteiger partial charge in [-0.15, -0.1) is 0 Å². The number of unbranched alkanes of at least 4 members (excludes halogenated alkanes) is 1. The molecule has 178 valence electrons. The number of aromatic nitrogens is 2. The van der Waals surface area contributed by atoms with Crippen molar-refractivity contribution >= 4 is 29.4 Å². The maximum atomic E-state index is 13.1. The molecule has 0 radical (unpaired) electrons. The van der Waals surface area contributed by atoms with E-state index in [1.165, 1.54) is 31.4 Å². The molecule has 0 saturated heterocycles. The van der Waals surface area contributed by atoms with Gasteiger partial charge < -0.3 is 10.6 Å². The zero-order valence-electron chi connectivity index (χ0n) is 19.2. The molecule has 0 bridgehead atoms. The van der Waals surface area contributed by atoms with Crippen LogP contribution in [0.15, 0.2) is 24.3 Å². The van der Waals surface area contributed by atoms with E-state index in [-0.39, 0.29) is 30.1 Å². The molecule has 2 aromatic rings. The average Bonchev–Trinajstić information content (AvgIpc) is 3.40. The Labute approximate surface area is 199 Å². The number of halogens is 1. The van der Waals surface area contributed by atoms with Gasteiger partial charge in [-0.3, -0.25) is 9.59 Å². The Hall–Kier alpha value is -2.35. The summed E-state index contributed by atoms with van der Waals surface area (Å²) in [6.07, 6.45) is 7.88. The number of thioether (sulfide) groups is 1. The van der Waals surface area contributed by atoms with E-state index in [2.05, 4.69) is 22.7 Å². The van der Waals surface area contributed by atoms with Crippen LogP contribution in [0.3, 0.4) is 0 Å². The van der Waals surface area contributed by atoms with Crippen LogP contribution in [0.4, 0.5) is 10.2 Å². The van der Waals surface area contributed by atoms with Crippen LogP contribution in [0.1, 0.15) is 68.7 Å². The molecule has 0 unspecified atom stereocenters. The number of hydrogen-bond acceptors (Lipinski definition) is 4. The molecule has 0 atom stereocenters. The predicted molar refractivity (Wildman–Crippen MR) is 129 cm³/mol. The average molecular weight is 473 g/mol. The SMILES string of the molecule is CCCCC1CCC(C(=O)Nc2c3c(nn2CC(=O)NCc2ccc(F)cc2)CSC3)CC1. The van der Waals surface area contributed by atoms with Crippen LogP contribution >= 0.6 is 11.8 Å². The van der Waals surface area contributed by atoms with Crippen molar-refractivity contribution in [3.05, 3.63) is 46.9 Å². The summed E-state index contributed by atoms with van der Waals surface area (Å²) in [5.74, 6) is 2.61. The molecule has 33 heavy (non-hydrogen) atoms. The van der Waals surface area contributed by atoms with Crippen molar-refractivity contribution in [2.75, 3.05) is 5.32 Å². The second kappa shape index (κ2) is 11.2. The largest absolute Gasteiger partial charge is 0.350 e. The van der Waals surface area contributed by atoms with Gasteiger partial charge in [0.1, 0.15) is 18.2 Å². The molecule has 8 heteroatoms. The van der Waals surface area contributed by atoms with E-state index in [1.807, 2.05) is 0 Å². The molecule has 1 aliphatic carbocycles. The molecule has 1 aromatic heterocycles. The lowest BCUT2D eigenvalue weighted by Gasteiger charge is -2.27. The van der Waals surface area contributed by atoms with Crippen molar-refractivity contribution in [1.29, 1.82) is 0 Å². The van der Waals surface area contributed by atoms with E-state index < -0.39 is 0 Å². The van der Waals surface area contributed by atoms with Crippen LogP contribution in [0.5, 0.6) is 0 Å². The van der Waals surface area contributed by atoms with Gasteiger partial charge in [0.25, 0.3) is 0 Å². The highest BCUT2D eigenvalue weighted by Gasteiger charge is 2.29. The van der Waals surface area contributed by atoms with Crippen LogP contribution in [0, 0.1) is 17.7 Å². The van der Waals surface area contributed by atoms with E-state index >= 15 is 0 Å². The number of benzene rings is 1. The normalized spacial score (nSPS) is 19.8. The molecule has 6 nitrogen and oxygen atoms in total. The highest BCUT2D eigenvalue weighted by Crippen LogP contribution is 2.36. The number of carbonyl (C=O) groups is 2. The molecular weight excluding hydrogens is 439 g/mol. The topological polar surface area (TPSA) is 76.0 Å². The van der Waals surface area contributed by atoms with Crippen molar-refractivity contribution in [3.8, 4) is 0 Å². The zero-order valence-corrected chi connectivity index (χ0v) is 20.1. The second-order valence-electron chi connectivity index (χ2n) is 9.18. The second-order valence-corrected chi connectivity index (χ2v) is 10.2. The lowest BCUT2D eigenvalue weighted by atomic mass is 9.79. The molecule has 2 heterocycles. The lowest BCUT2D eigenvalue weighted by molar-refractivity contribution is -0.122. The van der Waals surface area contributed by atoms with Gasteiger partial charge in [-0.1, -0.05) is 38.3 Å². The summed E-state index contributed by atoms with van der Waals surface area (Å²) in [7, 11) is 0. The van der Waals surface area contributed by atoms with Crippen LogP contribution in [0.25, 0.3) is 0 Å². The number of nitrogens with one attached hydrogen (secondary N) is 2. The molecule has 0 spiro atoms. The molecule has 1 aromatic carbocycles. The molecule has 4 rings (SSSR count). The minimum Gasteiger partial charge on any atom is -0.350 e. The van der Waals surface area contributed by atoms with Gasteiger partial charge in [0.05, 0.1) is 5.69 Å². The summed E-state index contributed by atoms with van der Waals surface area (Å²) in [5.41, 5.74) is 2.81. The number of amides is 2. The number of fused-ring (bicyclic) bond motifs is 1. The van der Waals surface area contributed by atoms with E-state index in [0.29, 0.717) is 12.4 Å². The molecular formula is C25H33FN4O2S. The fourth-order valence-corrected chi connectivity index (χ4v) is 5.77.